The molecule has 4 aromatic rings. The number of ether oxygens (including phenoxy) is 1. The first-order valence-electron chi connectivity index (χ1n) is 10.3. The van der Waals surface area contributed by atoms with Crippen LogP contribution >= 0.6 is 0 Å². The van der Waals surface area contributed by atoms with Crippen LogP contribution in [0.1, 0.15) is 45.9 Å². The Balaban J connectivity index is 1.64. The number of benzene rings is 2. The van der Waals surface area contributed by atoms with Gasteiger partial charge in [-0.1, -0.05) is 30.3 Å². The summed E-state index contributed by atoms with van der Waals surface area (Å²) < 4.78 is 11.2. The van der Waals surface area contributed by atoms with E-state index in [0.29, 0.717) is 18.9 Å². The molecule has 0 bridgehead atoms. The predicted octanol–water partition coefficient (Wildman–Crippen LogP) is 5.26. The summed E-state index contributed by atoms with van der Waals surface area (Å²) in [6.45, 7) is 5.13. The number of furan rings is 1. The molecule has 30 heavy (non-hydrogen) atoms. The van der Waals surface area contributed by atoms with E-state index >= 15 is 0 Å². The number of aromatic nitrogens is 1. The van der Waals surface area contributed by atoms with Crippen LogP contribution in [-0.4, -0.2) is 28.9 Å². The fourth-order valence-corrected chi connectivity index (χ4v) is 4.44. The average molecular weight is 400 g/mol. The number of aromatic amines is 1. The van der Waals surface area contributed by atoms with Gasteiger partial charge in [0.05, 0.1) is 18.9 Å². The molecule has 0 radical (unpaired) electrons. The first-order valence-corrected chi connectivity index (χ1v) is 10.3. The minimum absolute atomic E-state index is 0.0827. The lowest BCUT2D eigenvalue weighted by atomic mass is 9.92. The van der Waals surface area contributed by atoms with Crippen LogP contribution in [-0.2, 0) is 6.42 Å². The number of carbonyl (C=O) groups excluding carboxylic acids is 1. The number of rotatable bonds is 4. The lowest BCUT2D eigenvalue weighted by Gasteiger charge is -2.36. The van der Waals surface area contributed by atoms with E-state index in [1.54, 1.807) is 6.26 Å². The molecule has 0 saturated carbocycles. The van der Waals surface area contributed by atoms with Crippen molar-refractivity contribution in [3.8, 4) is 5.75 Å². The van der Waals surface area contributed by atoms with Crippen LogP contribution in [0.2, 0.25) is 0 Å². The first kappa shape index (κ1) is 18.6. The zero-order chi connectivity index (χ0) is 20.7. The van der Waals surface area contributed by atoms with E-state index in [9.17, 15) is 4.79 Å². The largest absolute Gasteiger partial charge is 0.494 e. The van der Waals surface area contributed by atoms with Gasteiger partial charge in [-0.15, -0.1) is 0 Å². The Bertz CT molecular complexity index is 1200. The summed E-state index contributed by atoms with van der Waals surface area (Å²) in [5, 5.41) is 1.23. The zero-order valence-electron chi connectivity index (χ0n) is 17.1. The highest BCUT2D eigenvalue weighted by molar-refractivity contribution is 5.94. The predicted molar refractivity (Wildman–Crippen MR) is 116 cm³/mol. The monoisotopic (exact) mass is 400 g/mol. The number of nitrogens with zero attached hydrogens (tertiary/aromatic N) is 1. The number of fused-ring (bicyclic) bond motifs is 3. The molecule has 0 saturated heterocycles. The summed E-state index contributed by atoms with van der Waals surface area (Å²) in [4.78, 5) is 19.0. The topological polar surface area (TPSA) is 58.5 Å². The maximum absolute atomic E-state index is 13.5. The van der Waals surface area contributed by atoms with Crippen molar-refractivity contribution < 1.29 is 13.9 Å². The second-order valence-corrected chi connectivity index (χ2v) is 7.65. The minimum Gasteiger partial charge on any atom is -0.494 e. The summed E-state index contributed by atoms with van der Waals surface area (Å²) >= 11 is 0. The molecule has 1 unspecified atom stereocenters. The van der Waals surface area contributed by atoms with Crippen molar-refractivity contribution in [3.05, 3.63) is 89.0 Å². The number of nitrogens with one attached hydrogen (secondary N) is 1. The van der Waals surface area contributed by atoms with Crippen LogP contribution in [0.4, 0.5) is 0 Å². The van der Waals surface area contributed by atoms with Gasteiger partial charge in [-0.2, -0.15) is 0 Å². The van der Waals surface area contributed by atoms with Crippen molar-refractivity contribution in [1.29, 1.82) is 0 Å². The van der Waals surface area contributed by atoms with E-state index in [0.717, 1.165) is 34.5 Å². The van der Waals surface area contributed by atoms with Crippen LogP contribution in [0.5, 0.6) is 5.75 Å². The smallest absolute Gasteiger partial charge is 0.290 e. The molecule has 1 amide bonds. The molecule has 5 nitrogen and oxygen atoms in total. The van der Waals surface area contributed by atoms with Crippen molar-refractivity contribution in [3.63, 3.8) is 0 Å². The van der Waals surface area contributed by atoms with E-state index in [2.05, 4.69) is 23.2 Å². The summed E-state index contributed by atoms with van der Waals surface area (Å²) in [6, 6.07) is 18.0. The fraction of sp³-hybridized carbons (Fsp3) is 0.240. The molecule has 1 atom stereocenters. The van der Waals surface area contributed by atoms with Crippen LogP contribution in [0.3, 0.4) is 0 Å². The Kier molecular flexibility index (Phi) is 4.58. The number of hydrogen-bond donors (Lipinski definition) is 1. The van der Waals surface area contributed by atoms with E-state index < -0.39 is 0 Å². The van der Waals surface area contributed by atoms with Gasteiger partial charge in [0.25, 0.3) is 5.91 Å². The molecule has 1 aliphatic rings. The van der Waals surface area contributed by atoms with Crippen LogP contribution in [0, 0.1) is 6.92 Å². The Morgan fingerprint density at radius 2 is 1.97 bits per heavy atom. The second-order valence-electron chi connectivity index (χ2n) is 7.65. The highest BCUT2D eigenvalue weighted by Crippen LogP contribution is 2.39. The number of para-hydroxylation sites is 1. The second kappa shape index (κ2) is 7.41. The molecular formula is C25H24N2O3. The molecule has 0 aliphatic carbocycles. The first-order chi connectivity index (χ1) is 14.7. The quantitative estimate of drug-likeness (QED) is 0.509. The van der Waals surface area contributed by atoms with Crippen LogP contribution in [0.15, 0.2) is 65.3 Å². The van der Waals surface area contributed by atoms with Crippen molar-refractivity contribution in [2.75, 3.05) is 13.2 Å². The molecule has 5 heteroatoms. The van der Waals surface area contributed by atoms with Gasteiger partial charge < -0.3 is 19.0 Å². The van der Waals surface area contributed by atoms with Gasteiger partial charge in [0, 0.05) is 28.7 Å². The maximum Gasteiger partial charge on any atom is 0.290 e. The lowest BCUT2D eigenvalue weighted by Crippen LogP contribution is -2.40. The molecule has 152 valence electrons. The van der Waals surface area contributed by atoms with E-state index in [-0.39, 0.29) is 11.9 Å². The van der Waals surface area contributed by atoms with Gasteiger partial charge in [-0.3, -0.25) is 4.79 Å². The number of amides is 1. The molecule has 1 aliphatic heterocycles. The number of carbonyl (C=O) groups is 1. The SMILES string of the molecule is CCOc1ccc(C2c3[nH]c4ccccc4c3CCN2C(=O)c2occc2C)cc1. The molecule has 2 aromatic carbocycles. The average Bonchev–Trinajstić information content (AvgIpc) is 3.36. The Morgan fingerprint density at radius 1 is 1.17 bits per heavy atom. The van der Waals surface area contributed by atoms with Crippen LogP contribution in [0.25, 0.3) is 10.9 Å². The minimum atomic E-state index is -0.214. The van der Waals surface area contributed by atoms with Crippen molar-refractivity contribution in [1.82, 2.24) is 9.88 Å². The summed E-state index contributed by atoms with van der Waals surface area (Å²) in [5.74, 6) is 1.15. The highest BCUT2D eigenvalue weighted by atomic mass is 16.5. The van der Waals surface area contributed by atoms with Gasteiger partial charge in [0.1, 0.15) is 5.75 Å². The standard InChI is InChI=1S/C25H24N2O3/c1-3-29-18-10-8-17(9-11-18)23-22-20(19-6-4-5-7-21(19)26-22)12-14-27(23)25(28)24-16(2)13-15-30-24/h4-11,13,15,23,26H,3,12,14H2,1-2H3. The summed E-state index contributed by atoms with van der Waals surface area (Å²) in [7, 11) is 0. The van der Waals surface area contributed by atoms with E-state index in [1.807, 2.05) is 55.1 Å². The van der Waals surface area contributed by atoms with Crippen LogP contribution < -0.4 is 4.74 Å². The van der Waals surface area contributed by atoms with Crippen molar-refractivity contribution >= 4 is 16.8 Å². The molecule has 5 rings (SSSR count). The third-order valence-electron chi connectivity index (χ3n) is 5.86. The van der Waals surface area contributed by atoms with Crippen molar-refractivity contribution in [2.24, 2.45) is 0 Å². The Labute approximate surface area is 175 Å². The zero-order valence-corrected chi connectivity index (χ0v) is 17.1. The van der Waals surface area contributed by atoms with E-state index in [4.69, 9.17) is 9.15 Å². The maximum atomic E-state index is 13.5. The molecule has 1 N–H and O–H groups in total. The molecule has 0 spiro atoms. The van der Waals surface area contributed by atoms with E-state index in [1.165, 1.54) is 10.9 Å². The van der Waals surface area contributed by atoms with Gasteiger partial charge in [-0.05, 0) is 55.7 Å². The van der Waals surface area contributed by atoms with Gasteiger partial charge in [0.15, 0.2) is 5.76 Å². The highest BCUT2D eigenvalue weighted by Gasteiger charge is 2.36. The summed E-state index contributed by atoms with van der Waals surface area (Å²) in [5.41, 5.74) is 5.35. The van der Waals surface area contributed by atoms with Gasteiger partial charge in [0.2, 0.25) is 0 Å². The Hall–Kier alpha value is -3.47. The lowest BCUT2D eigenvalue weighted by molar-refractivity contribution is 0.0658. The van der Waals surface area contributed by atoms with Crippen molar-refractivity contribution in [2.45, 2.75) is 26.3 Å². The normalized spacial score (nSPS) is 15.9. The third kappa shape index (κ3) is 2.98. The molecular weight excluding hydrogens is 376 g/mol. The molecule has 0 fully saturated rings. The Morgan fingerprint density at radius 3 is 2.70 bits per heavy atom. The third-order valence-corrected chi connectivity index (χ3v) is 5.86. The van der Waals surface area contributed by atoms with Gasteiger partial charge >= 0.3 is 0 Å². The molecule has 2 aromatic heterocycles. The number of H-pyrrole nitrogens is 1. The fourth-order valence-electron chi connectivity index (χ4n) is 4.44. The number of aryl methyl sites for hydroxylation is 1. The van der Waals surface area contributed by atoms with Gasteiger partial charge in [-0.25, -0.2) is 0 Å². The molecule has 3 heterocycles. The number of hydrogen-bond acceptors (Lipinski definition) is 3. The summed E-state index contributed by atoms with van der Waals surface area (Å²) in [6.07, 6.45) is 2.38.